The zero-order valence-corrected chi connectivity index (χ0v) is 16.5. The van der Waals surface area contributed by atoms with E-state index in [2.05, 4.69) is 35.8 Å². The third kappa shape index (κ3) is 3.67. The molecule has 1 aliphatic heterocycles. The minimum atomic E-state index is -0.398. The molecule has 0 aromatic heterocycles. The Balaban J connectivity index is 1.48. The molecule has 0 spiro atoms. The highest BCUT2D eigenvalue weighted by molar-refractivity contribution is 6.11. The summed E-state index contributed by atoms with van der Waals surface area (Å²) in [5.74, 6) is -0.255. The molecule has 0 unspecified atom stereocenters. The van der Waals surface area contributed by atoms with Crippen molar-refractivity contribution in [3.8, 4) is 0 Å². The number of nitrogens with one attached hydrogen (secondary N) is 2. The average Bonchev–Trinajstić information content (AvgIpc) is 2.72. The number of aryl methyl sites for hydroxylation is 2. The van der Waals surface area contributed by atoms with Crippen molar-refractivity contribution in [2.45, 2.75) is 51.6 Å². The van der Waals surface area contributed by atoms with E-state index in [0.29, 0.717) is 5.69 Å². The van der Waals surface area contributed by atoms with Crippen molar-refractivity contribution in [3.63, 3.8) is 0 Å². The smallest absolute Gasteiger partial charge is 0.244 e. The number of para-hydroxylation sites is 2. The van der Waals surface area contributed by atoms with E-state index in [4.69, 9.17) is 0 Å². The standard InChI is InChI=1S/C23H27N3O2/c1-15(18-12-11-17-7-3-4-8-19(17)13-18)24-16(2)23(28)26-14-22(27)25-20-9-5-6-10-21(20)26/h5-6,9-13,15-16,24H,3-4,7-8,14H2,1-2H3,(H,25,27)/t15-,16+/m1/s1. The lowest BCUT2D eigenvalue weighted by Crippen LogP contribution is -2.50. The van der Waals surface area contributed by atoms with Gasteiger partial charge in [0, 0.05) is 6.04 Å². The van der Waals surface area contributed by atoms with Gasteiger partial charge in [-0.15, -0.1) is 0 Å². The van der Waals surface area contributed by atoms with Crippen molar-refractivity contribution < 1.29 is 9.59 Å². The van der Waals surface area contributed by atoms with Gasteiger partial charge in [-0.2, -0.15) is 0 Å². The van der Waals surface area contributed by atoms with E-state index >= 15 is 0 Å². The summed E-state index contributed by atoms with van der Waals surface area (Å²) >= 11 is 0. The molecule has 2 amide bonds. The first-order valence-electron chi connectivity index (χ1n) is 10.1. The average molecular weight is 377 g/mol. The van der Waals surface area contributed by atoms with Gasteiger partial charge in [-0.3, -0.25) is 19.8 Å². The molecule has 2 aliphatic rings. The predicted molar refractivity (Wildman–Crippen MR) is 112 cm³/mol. The van der Waals surface area contributed by atoms with Gasteiger partial charge in [-0.25, -0.2) is 0 Å². The quantitative estimate of drug-likeness (QED) is 0.856. The number of amides is 2. The number of hydrogen-bond acceptors (Lipinski definition) is 3. The maximum Gasteiger partial charge on any atom is 0.244 e. The van der Waals surface area contributed by atoms with Gasteiger partial charge in [0.05, 0.1) is 17.4 Å². The summed E-state index contributed by atoms with van der Waals surface area (Å²) in [4.78, 5) is 26.7. The molecule has 0 radical (unpaired) electrons. The highest BCUT2D eigenvalue weighted by Gasteiger charge is 2.30. The van der Waals surface area contributed by atoms with Crippen LogP contribution in [0.2, 0.25) is 0 Å². The van der Waals surface area contributed by atoms with Crippen molar-refractivity contribution in [1.29, 1.82) is 0 Å². The van der Waals surface area contributed by atoms with Crippen LogP contribution in [0.15, 0.2) is 42.5 Å². The molecule has 5 heteroatoms. The zero-order chi connectivity index (χ0) is 19.7. The number of nitrogens with zero attached hydrogens (tertiary/aromatic N) is 1. The number of anilines is 2. The molecule has 146 valence electrons. The third-order valence-corrected chi connectivity index (χ3v) is 5.78. The first-order valence-corrected chi connectivity index (χ1v) is 10.1. The van der Waals surface area contributed by atoms with Crippen molar-refractivity contribution >= 4 is 23.2 Å². The van der Waals surface area contributed by atoms with Crippen LogP contribution < -0.4 is 15.5 Å². The van der Waals surface area contributed by atoms with E-state index in [0.717, 1.165) is 12.1 Å². The normalized spacial score (nSPS) is 17.9. The molecule has 2 aromatic rings. The molecule has 1 heterocycles. The van der Waals surface area contributed by atoms with Gasteiger partial charge in [-0.05, 0) is 68.4 Å². The highest BCUT2D eigenvalue weighted by Crippen LogP contribution is 2.30. The van der Waals surface area contributed by atoms with Gasteiger partial charge in [0.2, 0.25) is 11.8 Å². The van der Waals surface area contributed by atoms with E-state index in [1.54, 1.807) is 4.90 Å². The molecule has 0 fully saturated rings. The lowest BCUT2D eigenvalue weighted by atomic mass is 9.89. The van der Waals surface area contributed by atoms with Crippen LogP contribution >= 0.6 is 0 Å². The van der Waals surface area contributed by atoms with Crippen LogP contribution in [0.5, 0.6) is 0 Å². The van der Waals surface area contributed by atoms with Crippen LogP contribution in [0.3, 0.4) is 0 Å². The topological polar surface area (TPSA) is 61.4 Å². The van der Waals surface area contributed by atoms with E-state index < -0.39 is 6.04 Å². The Morgan fingerprint density at radius 1 is 1.07 bits per heavy atom. The minimum Gasteiger partial charge on any atom is -0.323 e. The second-order valence-electron chi connectivity index (χ2n) is 7.84. The summed E-state index contributed by atoms with van der Waals surface area (Å²) in [5.41, 5.74) is 5.54. The van der Waals surface area contributed by atoms with Crippen molar-refractivity contribution in [3.05, 3.63) is 59.2 Å². The van der Waals surface area contributed by atoms with Gasteiger partial charge in [-0.1, -0.05) is 30.3 Å². The fourth-order valence-corrected chi connectivity index (χ4v) is 4.23. The van der Waals surface area contributed by atoms with Crippen LogP contribution in [0.4, 0.5) is 11.4 Å². The molecule has 0 saturated heterocycles. The Kier molecular flexibility index (Phi) is 5.18. The van der Waals surface area contributed by atoms with Gasteiger partial charge in [0.1, 0.15) is 6.54 Å². The Hall–Kier alpha value is -2.66. The molecule has 1 aliphatic carbocycles. The maximum atomic E-state index is 13.1. The second kappa shape index (κ2) is 7.76. The molecule has 2 atom stereocenters. The lowest BCUT2D eigenvalue weighted by molar-refractivity contribution is -0.123. The predicted octanol–water partition coefficient (Wildman–Crippen LogP) is 3.59. The Bertz CT molecular complexity index is 908. The van der Waals surface area contributed by atoms with E-state index in [1.165, 1.54) is 36.0 Å². The molecule has 4 rings (SSSR count). The molecule has 2 aromatic carbocycles. The molecule has 5 nitrogen and oxygen atoms in total. The third-order valence-electron chi connectivity index (χ3n) is 5.78. The summed E-state index contributed by atoms with van der Waals surface area (Å²) in [7, 11) is 0. The maximum absolute atomic E-state index is 13.1. The summed E-state index contributed by atoms with van der Waals surface area (Å²) in [6, 6.07) is 13.8. The van der Waals surface area contributed by atoms with Crippen molar-refractivity contribution in [1.82, 2.24) is 5.32 Å². The Morgan fingerprint density at radius 2 is 1.82 bits per heavy atom. The highest BCUT2D eigenvalue weighted by atomic mass is 16.2. The Morgan fingerprint density at radius 3 is 2.64 bits per heavy atom. The van der Waals surface area contributed by atoms with Crippen LogP contribution in [0.1, 0.15) is 49.4 Å². The van der Waals surface area contributed by atoms with Crippen LogP contribution in [-0.4, -0.2) is 24.4 Å². The van der Waals surface area contributed by atoms with Crippen LogP contribution in [0, 0.1) is 0 Å². The number of benzene rings is 2. The van der Waals surface area contributed by atoms with Gasteiger partial charge < -0.3 is 5.32 Å². The second-order valence-corrected chi connectivity index (χ2v) is 7.84. The van der Waals surface area contributed by atoms with Crippen LogP contribution in [-0.2, 0) is 22.4 Å². The number of fused-ring (bicyclic) bond motifs is 2. The summed E-state index contributed by atoms with van der Waals surface area (Å²) in [6.45, 7) is 4.01. The number of carbonyl (C=O) groups is 2. The largest absolute Gasteiger partial charge is 0.323 e. The molecular formula is C23H27N3O2. The van der Waals surface area contributed by atoms with E-state index in [-0.39, 0.29) is 24.4 Å². The van der Waals surface area contributed by atoms with Crippen molar-refractivity contribution in [2.24, 2.45) is 0 Å². The van der Waals surface area contributed by atoms with Crippen LogP contribution in [0.25, 0.3) is 0 Å². The number of rotatable bonds is 4. The van der Waals surface area contributed by atoms with Gasteiger partial charge >= 0.3 is 0 Å². The first-order chi connectivity index (χ1) is 13.5. The zero-order valence-electron chi connectivity index (χ0n) is 16.5. The van der Waals surface area contributed by atoms with E-state index in [1.807, 2.05) is 31.2 Å². The molecule has 2 N–H and O–H groups in total. The number of carbonyl (C=O) groups excluding carboxylic acids is 2. The monoisotopic (exact) mass is 377 g/mol. The van der Waals surface area contributed by atoms with E-state index in [9.17, 15) is 9.59 Å². The van der Waals surface area contributed by atoms with Gasteiger partial charge in [0.15, 0.2) is 0 Å². The fraction of sp³-hybridized carbons (Fsp3) is 0.391. The summed E-state index contributed by atoms with van der Waals surface area (Å²) in [5, 5.41) is 6.25. The number of hydrogen-bond donors (Lipinski definition) is 2. The molecule has 0 saturated carbocycles. The Labute approximate surface area is 166 Å². The molecular weight excluding hydrogens is 350 g/mol. The minimum absolute atomic E-state index is 0.0507. The summed E-state index contributed by atoms with van der Waals surface area (Å²) < 4.78 is 0. The lowest BCUT2D eigenvalue weighted by Gasteiger charge is -2.32. The van der Waals surface area contributed by atoms with Crippen molar-refractivity contribution in [2.75, 3.05) is 16.8 Å². The summed E-state index contributed by atoms with van der Waals surface area (Å²) in [6.07, 6.45) is 4.84. The SMILES string of the molecule is C[C@H](N[C@H](C)c1ccc2c(c1)CCCC2)C(=O)N1CC(=O)Nc2ccccc21. The fourth-order valence-electron chi connectivity index (χ4n) is 4.23. The van der Waals surface area contributed by atoms with Gasteiger partial charge in [0.25, 0.3) is 0 Å². The molecule has 0 bridgehead atoms. The first kappa shape index (κ1) is 18.7. The molecule has 28 heavy (non-hydrogen) atoms.